The summed E-state index contributed by atoms with van der Waals surface area (Å²) in [6.45, 7) is 3.14. The number of benzene rings is 3. The number of fused-ring (bicyclic) bond motifs is 4. The number of primary amides is 1. The molecule has 0 saturated heterocycles. The predicted octanol–water partition coefficient (Wildman–Crippen LogP) is 4.04. The Balaban J connectivity index is 1.45. The molecular formula is C33H32N4O8. The summed E-state index contributed by atoms with van der Waals surface area (Å²) in [7, 11) is 1.62. The third kappa shape index (κ3) is 4.09. The third-order valence-electron chi connectivity index (χ3n) is 9.47. The quantitative estimate of drug-likeness (QED) is 0.121. The van der Waals surface area contributed by atoms with Crippen molar-refractivity contribution in [2.75, 3.05) is 23.0 Å². The van der Waals surface area contributed by atoms with Crippen molar-refractivity contribution in [3.63, 3.8) is 0 Å². The van der Waals surface area contributed by atoms with Crippen LogP contribution in [0.4, 0.5) is 21.9 Å². The van der Waals surface area contributed by atoms with E-state index in [4.69, 9.17) is 5.73 Å². The molecule has 3 atom stereocenters. The van der Waals surface area contributed by atoms with E-state index in [1.165, 1.54) is 13.0 Å². The maximum Gasteiger partial charge on any atom is 0.323 e. The molecule has 3 aromatic rings. The van der Waals surface area contributed by atoms with E-state index >= 15 is 0 Å². The van der Waals surface area contributed by atoms with Crippen LogP contribution in [0.25, 0.3) is 16.5 Å². The van der Waals surface area contributed by atoms with Crippen LogP contribution in [-0.4, -0.2) is 56.6 Å². The van der Waals surface area contributed by atoms with Crippen molar-refractivity contribution >= 4 is 57.1 Å². The first-order valence-corrected chi connectivity index (χ1v) is 14.3. The largest absolute Gasteiger partial charge is 0.508 e. The number of amides is 3. The fourth-order valence-electron chi connectivity index (χ4n) is 7.54. The molecule has 1 saturated carbocycles. The summed E-state index contributed by atoms with van der Waals surface area (Å²) in [4.78, 5) is 52.2. The minimum atomic E-state index is -2.75. The first kappa shape index (κ1) is 29.7. The lowest BCUT2D eigenvalue weighted by Gasteiger charge is -2.56. The molecular weight excluding hydrogens is 580 g/mol. The summed E-state index contributed by atoms with van der Waals surface area (Å²) in [6, 6.07) is 13.7. The zero-order valence-corrected chi connectivity index (χ0v) is 24.7. The predicted molar refractivity (Wildman–Crippen MR) is 167 cm³/mol. The normalized spacial score (nSPS) is 25.8. The number of nitrogens with one attached hydrogen (secondary N) is 3. The van der Waals surface area contributed by atoms with Crippen LogP contribution in [-0.2, 0) is 20.8 Å². The fraction of sp³-hybridized carbons (Fsp3) is 0.273. The molecule has 9 N–H and O–H groups in total. The van der Waals surface area contributed by atoms with Crippen molar-refractivity contribution in [3.8, 4) is 5.75 Å². The third-order valence-corrected chi connectivity index (χ3v) is 9.47. The topological polar surface area (TPSA) is 211 Å². The number of aliphatic hydroxyl groups is 3. The van der Waals surface area contributed by atoms with Gasteiger partial charge in [-0.15, -0.1) is 0 Å². The van der Waals surface area contributed by atoms with Gasteiger partial charge in [-0.25, -0.2) is 4.79 Å². The monoisotopic (exact) mass is 612 g/mol. The first-order valence-electron chi connectivity index (χ1n) is 14.3. The van der Waals surface area contributed by atoms with Crippen molar-refractivity contribution < 1.29 is 39.6 Å². The van der Waals surface area contributed by atoms with Crippen LogP contribution >= 0.6 is 0 Å². The maximum absolute atomic E-state index is 14.2. The highest BCUT2D eigenvalue weighted by Crippen LogP contribution is 2.63. The van der Waals surface area contributed by atoms with E-state index in [1.807, 2.05) is 30.3 Å². The second-order valence-corrected chi connectivity index (χ2v) is 12.5. The molecule has 12 heteroatoms. The highest BCUT2D eigenvalue weighted by molar-refractivity contribution is 6.23. The second-order valence-electron chi connectivity index (χ2n) is 12.5. The molecule has 232 valence electrons. The van der Waals surface area contributed by atoms with Crippen molar-refractivity contribution in [2.24, 2.45) is 16.6 Å². The Hall–Kier alpha value is -5.36. The number of rotatable bonds is 4. The first-order chi connectivity index (χ1) is 21.2. The molecule has 3 aliphatic carbocycles. The Labute approximate surface area is 257 Å². The highest BCUT2D eigenvalue weighted by Gasteiger charge is 2.69. The van der Waals surface area contributed by atoms with E-state index in [9.17, 15) is 39.6 Å². The van der Waals surface area contributed by atoms with Gasteiger partial charge >= 0.3 is 6.03 Å². The van der Waals surface area contributed by atoms with Crippen LogP contribution in [0.15, 0.2) is 65.4 Å². The number of aromatic hydroxyl groups is 1. The van der Waals surface area contributed by atoms with Gasteiger partial charge in [-0.05, 0) is 35.9 Å². The molecule has 0 bridgehead atoms. The number of carbonyl (C=O) groups is 4. The molecule has 3 amide bonds. The average molecular weight is 613 g/mol. The van der Waals surface area contributed by atoms with Crippen molar-refractivity contribution in [3.05, 3.63) is 76.6 Å². The Morgan fingerprint density at radius 1 is 0.911 bits per heavy atom. The molecule has 6 rings (SSSR count). The summed E-state index contributed by atoms with van der Waals surface area (Å²) >= 11 is 0. The zero-order valence-electron chi connectivity index (χ0n) is 24.7. The van der Waals surface area contributed by atoms with Gasteiger partial charge in [0.2, 0.25) is 5.78 Å². The minimum Gasteiger partial charge on any atom is -0.508 e. The van der Waals surface area contributed by atoms with Crippen LogP contribution in [0.1, 0.15) is 37.8 Å². The minimum absolute atomic E-state index is 0.0553. The van der Waals surface area contributed by atoms with Gasteiger partial charge in [0.15, 0.2) is 17.1 Å². The highest BCUT2D eigenvalue weighted by atomic mass is 16.3. The van der Waals surface area contributed by atoms with Crippen LogP contribution < -0.4 is 21.7 Å². The average Bonchev–Trinajstić information content (AvgIpc) is 2.96. The Bertz CT molecular complexity index is 1940. The number of anilines is 3. The molecule has 3 aromatic carbocycles. The summed E-state index contributed by atoms with van der Waals surface area (Å²) < 4.78 is 0. The van der Waals surface area contributed by atoms with E-state index in [0.717, 1.165) is 10.8 Å². The summed E-state index contributed by atoms with van der Waals surface area (Å²) in [5.74, 6) is -5.58. The molecule has 0 heterocycles. The Morgan fingerprint density at radius 3 is 2.27 bits per heavy atom. The fourth-order valence-corrected chi connectivity index (χ4v) is 7.54. The van der Waals surface area contributed by atoms with E-state index < -0.39 is 69.2 Å². The number of carbonyl (C=O) groups excluding carboxylic acids is 4. The Morgan fingerprint density at radius 2 is 1.58 bits per heavy atom. The number of phenolic OH excluding ortho intramolecular Hbond substituents is 1. The van der Waals surface area contributed by atoms with Gasteiger partial charge in [-0.1, -0.05) is 50.2 Å². The molecule has 3 aliphatic rings. The van der Waals surface area contributed by atoms with E-state index in [0.29, 0.717) is 16.9 Å². The number of urea groups is 1. The SMILES string of the molecule is CNc1cc(NC(=O)Nc2cccc3ccccc23)c(O)c2c1C[C@@]1(C)C[C@@]3(C)CC(=O)C(C(N)=O)=C(O)[C@@]3(O)C(=O)C1=C2O. The molecule has 0 unspecified atom stereocenters. The summed E-state index contributed by atoms with van der Waals surface area (Å²) in [6.07, 6.45) is -0.431. The van der Waals surface area contributed by atoms with Gasteiger partial charge < -0.3 is 42.1 Å². The molecule has 0 radical (unpaired) electrons. The zero-order chi connectivity index (χ0) is 32.6. The van der Waals surface area contributed by atoms with Crippen LogP contribution in [0.2, 0.25) is 0 Å². The van der Waals surface area contributed by atoms with E-state index in [2.05, 4.69) is 16.0 Å². The lowest BCUT2D eigenvalue weighted by molar-refractivity contribution is -0.165. The number of nitrogens with two attached hydrogens (primary N) is 1. The van der Waals surface area contributed by atoms with Gasteiger partial charge in [0.1, 0.15) is 17.1 Å². The molecule has 12 nitrogen and oxygen atoms in total. The van der Waals surface area contributed by atoms with E-state index in [-0.39, 0.29) is 29.7 Å². The van der Waals surface area contributed by atoms with Gasteiger partial charge in [0.25, 0.3) is 5.91 Å². The second kappa shape index (κ2) is 9.83. The number of phenols is 1. The van der Waals surface area contributed by atoms with Crippen LogP contribution in [0.3, 0.4) is 0 Å². The molecule has 0 aliphatic heterocycles. The van der Waals surface area contributed by atoms with E-state index in [1.54, 1.807) is 26.1 Å². The van der Waals surface area contributed by atoms with Crippen molar-refractivity contribution in [1.29, 1.82) is 0 Å². The summed E-state index contributed by atoms with van der Waals surface area (Å²) in [5, 5.41) is 56.0. The molecule has 0 spiro atoms. The standard InChI is InChI=1S/C33H32N4O8/c1-31-12-17-19(35-3)11-20(37-30(44)36-18-10-6-8-15-7-4-5-9-16(15)18)25(39)22(17)26(40)24(31)28(42)33(45)27(41)23(29(34)43)21(38)13-32(33,2)14-31/h4-11,35,39-41,45H,12-14H2,1-3H3,(H2,34,43)(H2,36,37,44)/t31-,32+,33+/m0/s1. The number of hydrogen-bond donors (Lipinski definition) is 8. The number of aliphatic hydroxyl groups excluding tert-OH is 2. The number of ketones is 2. The van der Waals surface area contributed by atoms with Gasteiger partial charge in [-0.2, -0.15) is 0 Å². The van der Waals surface area contributed by atoms with Gasteiger partial charge in [-0.3, -0.25) is 14.4 Å². The van der Waals surface area contributed by atoms with Gasteiger partial charge in [0, 0.05) is 40.9 Å². The number of Topliss-reactive ketones (excluding diaryl/α,β-unsaturated/α-hetero) is 2. The van der Waals surface area contributed by atoms with Crippen molar-refractivity contribution in [1.82, 2.24) is 0 Å². The maximum atomic E-state index is 14.2. The lowest BCUT2D eigenvalue weighted by atomic mass is 9.47. The molecule has 45 heavy (non-hydrogen) atoms. The molecule has 1 fully saturated rings. The van der Waals surface area contributed by atoms with Gasteiger partial charge in [0.05, 0.1) is 16.9 Å². The Kier molecular flexibility index (Phi) is 6.49. The number of hydrogen-bond acceptors (Lipinski definition) is 9. The smallest absolute Gasteiger partial charge is 0.323 e. The summed E-state index contributed by atoms with van der Waals surface area (Å²) in [5.41, 5.74) is -0.169. The van der Waals surface area contributed by atoms with Crippen molar-refractivity contribution in [2.45, 2.75) is 38.7 Å². The lowest BCUT2D eigenvalue weighted by Crippen LogP contribution is -2.65. The molecule has 0 aromatic heterocycles. The van der Waals surface area contributed by atoms with Crippen LogP contribution in [0, 0.1) is 10.8 Å². The van der Waals surface area contributed by atoms with Crippen LogP contribution in [0.5, 0.6) is 5.75 Å².